The molecule has 1 aliphatic heterocycles. The van der Waals surface area contributed by atoms with Gasteiger partial charge in [0.1, 0.15) is 0 Å². The van der Waals surface area contributed by atoms with Crippen molar-refractivity contribution in [1.82, 2.24) is 0 Å². The van der Waals surface area contributed by atoms with Gasteiger partial charge in [0, 0.05) is 25.5 Å². The standard InChI is InChI=1S/C11H9BrO2S/c12-8-2-1-3-9-10(8)7(6-15-9)11-13-4-5-14-11/h1-3,6,11H,4-5H2. The average Bonchev–Trinajstić information content (AvgIpc) is 2.85. The summed E-state index contributed by atoms with van der Waals surface area (Å²) in [5.41, 5.74) is 1.14. The number of thiophene rings is 1. The smallest absolute Gasteiger partial charge is 0.185 e. The van der Waals surface area contributed by atoms with Gasteiger partial charge in [0.15, 0.2) is 6.29 Å². The van der Waals surface area contributed by atoms with Gasteiger partial charge < -0.3 is 9.47 Å². The lowest BCUT2D eigenvalue weighted by molar-refractivity contribution is -0.0427. The Hall–Kier alpha value is -0.420. The Balaban J connectivity index is 2.18. The van der Waals surface area contributed by atoms with E-state index in [9.17, 15) is 0 Å². The molecule has 4 heteroatoms. The number of fused-ring (bicyclic) bond motifs is 1. The van der Waals surface area contributed by atoms with Crippen LogP contribution < -0.4 is 0 Å². The highest BCUT2D eigenvalue weighted by molar-refractivity contribution is 9.10. The van der Waals surface area contributed by atoms with Crippen molar-refractivity contribution in [3.05, 3.63) is 33.6 Å². The minimum Gasteiger partial charge on any atom is -0.346 e. The van der Waals surface area contributed by atoms with Crippen LogP contribution in [0, 0.1) is 0 Å². The van der Waals surface area contributed by atoms with E-state index in [-0.39, 0.29) is 6.29 Å². The number of rotatable bonds is 1. The fourth-order valence-electron chi connectivity index (χ4n) is 1.78. The van der Waals surface area contributed by atoms with Gasteiger partial charge in [-0.05, 0) is 12.1 Å². The normalized spacial score (nSPS) is 17.7. The molecule has 1 saturated heterocycles. The molecule has 0 spiro atoms. The molecule has 0 bridgehead atoms. The maximum atomic E-state index is 5.52. The van der Waals surface area contributed by atoms with E-state index in [1.54, 1.807) is 11.3 Å². The van der Waals surface area contributed by atoms with Crippen LogP contribution in [-0.2, 0) is 9.47 Å². The lowest BCUT2D eigenvalue weighted by Gasteiger charge is -2.08. The van der Waals surface area contributed by atoms with Gasteiger partial charge in [0.25, 0.3) is 0 Å². The van der Waals surface area contributed by atoms with E-state index in [0.717, 1.165) is 10.0 Å². The second kappa shape index (κ2) is 3.87. The highest BCUT2D eigenvalue weighted by Gasteiger charge is 2.22. The van der Waals surface area contributed by atoms with Gasteiger partial charge in [-0.25, -0.2) is 0 Å². The largest absolute Gasteiger partial charge is 0.346 e. The van der Waals surface area contributed by atoms with Crippen LogP contribution >= 0.6 is 27.3 Å². The average molecular weight is 285 g/mol. The monoisotopic (exact) mass is 284 g/mol. The van der Waals surface area contributed by atoms with E-state index in [4.69, 9.17) is 9.47 Å². The highest BCUT2D eigenvalue weighted by atomic mass is 79.9. The van der Waals surface area contributed by atoms with Gasteiger partial charge >= 0.3 is 0 Å². The lowest BCUT2D eigenvalue weighted by Crippen LogP contribution is -1.96. The number of hydrogen-bond donors (Lipinski definition) is 0. The first-order valence-corrected chi connectivity index (χ1v) is 6.42. The molecule has 0 amide bonds. The van der Waals surface area contributed by atoms with Gasteiger partial charge in [0.2, 0.25) is 0 Å². The maximum absolute atomic E-state index is 5.52. The first kappa shape index (κ1) is 9.78. The van der Waals surface area contributed by atoms with Crippen LogP contribution in [0.5, 0.6) is 0 Å². The predicted octanol–water partition coefficient (Wildman–Crippen LogP) is 3.71. The molecule has 0 radical (unpaired) electrons. The van der Waals surface area contributed by atoms with Gasteiger partial charge in [-0.3, -0.25) is 0 Å². The fraction of sp³-hybridized carbons (Fsp3) is 0.273. The number of hydrogen-bond acceptors (Lipinski definition) is 3. The van der Waals surface area contributed by atoms with Crippen LogP contribution in [0.3, 0.4) is 0 Å². The molecule has 2 heterocycles. The molecule has 0 atom stereocenters. The van der Waals surface area contributed by atoms with Crippen LogP contribution in [0.4, 0.5) is 0 Å². The van der Waals surface area contributed by atoms with Crippen molar-refractivity contribution < 1.29 is 9.47 Å². The zero-order valence-corrected chi connectivity index (χ0v) is 10.3. The van der Waals surface area contributed by atoms with Gasteiger partial charge in [-0.1, -0.05) is 22.0 Å². The molecule has 2 nitrogen and oxygen atoms in total. The molecule has 3 rings (SSSR count). The molecule has 1 fully saturated rings. The minimum atomic E-state index is -0.183. The van der Waals surface area contributed by atoms with Crippen molar-refractivity contribution >= 4 is 37.4 Å². The second-order valence-corrected chi connectivity index (χ2v) is 5.14. The van der Waals surface area contributed by atoms with Gasteiger partial charge in [0.05, 0.1) is 13.2 Å². The quantitative estimate of drug-likeness (QED) is 0.795. The van der Waals surface area contributed by atoms with Crippen LogP contribution in [0.1, 0.15) is 11.9 Å². The summed E-state index contributed by atoms with van der Waals surface area (Å²) < 4.78 is 13.4. The molecule has 1 aliphatic rings. The first-order valence-electron chi connectivity index (χ1n) is 4.75. The van der Waals surface area contributed by atoms with Crippen molar-refractivity contribution in [2.75, 3.05) is 13.2 Å². The Morgan fingerprint density at radius 3 is 2.87 bits per heavy atom. The fourth-order valence-corrected chi connectivity index (χ4v) is 3.49. The molecule has 1 aromatic heterocycles. The summed E-state index contributed by atoms with van der Waals surface area (Å²) in [5, 5.41) is 3.33. The summed E-state index contributed by atoms with van der Waals surface area (Å²) in [6, 6.07) is 6.21. The zero-order valence-electron chi connectivity index (χ0n) is 7.90. The Bertz CT molecular complexity index is 488. The summed E-state index contributed by atoms with van der Waals surface area (Å²) in [6.45, 7) is 1.37. The third-order valence-corrected chi connectivity index (χ3v) is 4.08. The molecule has 0 unspecified atom stereocenters. The van der Waals surface area contributed by atoms with E-state index < -0.39 is 0 Å². The third kappa shape index (κ3) is 1.61. The van der Waals surface area contributed by atoms with Crippen molar-refractivity contribution in [1.29, 1.82) is 0 Å². The SMILES string of the molecule is Brc1cccc2scc(C3OCCO3)c12. The van der Waals surface area contributed by atoms with Crippen molar-refractivity contribution in [3.63, 3.8) is 0 Å². The Kier molecular flexibility index (Phi) is 2.52. The summed E-state index contributed by atoms with van der Waals surface area (Å²) in [6.07, 6.45) is -0.183. The molecule has 2 aromatic rings. The van der Waals surface area contributed by atoms with Gasteiger partial charge in [-0.15, -0.1) is 11.3 Å². The van der Waals surface area contributed by atoms with Gasteiger partial charge in [-0.2, -0.15) is 0 Å². The zero-order chi connectivity index (χ0) is 10.3. The lowest BCUT2D eigenvalue weighted by atomic mass is 10.2. The number of benzene rings is 1. The molecule has 78 valence electrons. The minimum absolute atomic E-state index is 0.183. The van der Waals surface area contributed by atoms with E-state index in [0.29, 0.717) is 13.2 Å². The number of ether oxygens (including phenoxy) is 2. The molecular weight excluding hydrogens is 276 g/mol. The molecule has 15 heavy (non-hydrogen) atoms. The first-order chi connectivity index (χ1) is 7.36. The predicted molar refractivity (Wildman–Crippen MR) is 64.2 cm³/mol. The molecular formula is C11H9BrO2S. The summed E-state index contributed by atoms with van der Waals surface area (Å²) in [7, 11) is 0. The summed E-state index contributed by atoms with van der Waals surface area (Å²) in [4.78, 5) is 0. The van der Waals surface area contributed by atoms with Crippen LogP contribution in [0.2, 0.25) is 0 Å². The molecule has 0 aliphatic carbocycles. The number of halogens is 1. The van der Waals surface area contributed by atoms with Crippen LogP contribution in [0.25, 0.3) is 10.1 Å². The maximum Gasteiger partial charge on any atom is 0.185 e. The molecule has 1 aromatic carbocycles. The van der Waals surface area contributed by atoms with Crippen molar-refractivity contribution in [2.45, 2.75) is 6.29 Å². The Morgan fingerprint density at radius 1 is 1.27 bits per heavy atom. The Labute approximate surface area is 99.9 Å². The highest BCUT2D eigenvalue weighted by Crippen LogP contribution is 2.38. The van der Waals surface area contributed by atoms with E-state index >= 15 is 0 Å². The summed E-state index contributed by atoms with van der Waals surface area (Å²) >= 11 is 5.29. The third-order valence-electron chi connectivity index (χ3n) is 2.45. The van der Waals surface area contributed by atoms with E-state index in [1.807, 2.05) is 12.1 Å². The second-order valence-electron chi connectivity index (χ2n) is 3.38. The van der Waals surface area contributed by atoms with Crippen LogP contribution in [-0.4, -0.2) is 13.2 Å². The van der Waals surface area contributed by atoms with Crippen molar-refractivity contribution in [2.24, 2.45) is 0 Å². The van der Waals surface area contributed by atoms with E-state index in [2.05, 4.69) is 27.4 Å². The molecule has 0 N–H and O–H groups in total. The van der Waals surface area contributed by atoms with Crippen LogP contribution in [0.15, 0.2) is 28.1 Å². The topological polar surface area (TPSA) is 18.5 Å². The Morgan fingerprint density at radius 2 is 2.07 bits per heavy atom. The molecule has 0 saturated carbocycles. The summed E-state index contributed by atoms with van der Waals surface area (Å²) in [5.74, 6) is 0. The van der Waals surface area contributed by atoms with Crippen molar-refractivity contribution in [3.8, 4) is 0 Å². The van der Waals surface area contributed by atoms with E-state index in [1.165, 1.54) is 10.1 Å².